The van der Waals surface area contributed by atoms with E-state index in [1.807, 2.05) is 14.1 Å². The van der Waals surface area contributed by atoms with E-state index >= 15 is 0 Å². The Morgan fingerprint density at radius 1 is 1.50 bits per heavy atom. The average Bonchev–Trinajstić information content (AvgIpc) is 2.19. The third kappa shape index (κ3) is 3.29. The molecule has 3 heteroatoms. The predicted molar refractivity (Wildman–Crippen MR) is 58.1 cm³/mol. The molecule has 1 amide bonds. The van der Waals surface area contributed by atoms with Gasteiger partial charge in [0, 0.05) is 26.6 Å². The van der Waals surface area contributed by atoms with Crippen molar-refractivity contribution in [2.24, 2.45) is 5.92 Å². The lowest BCUT2D eigenvalue weighted by Crippen LogP contribution is -2.40. The van der Waals surface area contributed by atoms with Crippen LogP contribution < -0.4 is 5.32 Å². The van der Waals surface area contributed by atoms with E-state index in [1.54, 1.807) is 4.90 Å². The number of piperidine rings is 1. The number of hydrogen-bond donors (Lipinski definition) is 1. The Labute approximate surface area is 86.9 Å². The molecule has 0 spiro atoms. The van der Waals surface area contributed by atoms with E-state index < -0.39 is 0 Å². The molecule has 0 aliphatic carbocycles. The van der Waals surface area contributed by atoms with Crippen LogP contribution in [-0.4, -0.2) is 37.5 Å². The Morgan fingerprint density at radius 3 is 2.71 bits per heavy atom. The molecule has 1 fully saturated rings. The van der Waals surface area contributed by atoms with Crippen molar-refractivity contribution in [3.05, 3.63) is 0 Å². The number of nitrogens with one attached hydrogen (secondary N) is 1. The summed E-state index contributed by atoms with van der Waals surface area (Å²) in [6.45, 7) is 3.29. The normalized spacial score (nSPS) is 24.4. The number of rotatable bonds is 3. The fraction of sp³-hybridized carbons (Fsp3) is 0.909. The number of amides is 1. The average molecular weight is 198 g/mol. The molecule has 0 aromatic rings. The highest BCUT2D eigenvalue weighted by Crippen LogP contribution is 2.18. The SMILES string of the molecule is C[C@H](CC(=O)N(C)C)[C@@H]1CCCCN1. The zero-order valence-electron chi connectivity index (χ0n) is 9.55. The van der Waals surface area contributed by atoms with E-state index in [2.05, 4.69) is 12.2 Å². The molecule has 1 saturated heterocycles. The number of nitrogens with zero attached hydrogens (tertiary/aromatic N) is 1. The molecule has 1 aliphatic rings. The molecular formula is C11H22N2O. The first-order valence-corrected chi connectivity index (χ1v) is 5.55. The van der Waals surface area contributed by atoms with E-state index in [9.17, 15) is 4.79 Å². The molecule has 82 valence electrons. The molecule has 0 radical (unpaired) electrons. The summed E-state index contributed by atoms with van der Waals surface area (Å²) in [6, 6.07) is 0.549. The van der Waals surface area contributed by atoms with E-state index in [0.717, 1.165) is 6.54 Å². The third-order valence-corrected chi connectivity index (χ3v) is 3.03. The summed E-state index contributed by atoms with van der Waals surface area (Å²) < 4.78 is 0. The molecule has 1 N–H and O–H groups in total. The lowest BCUT2D eigenvalue weighted by molar-refractivity contribution is -0.129. The molecule has 0 bridgehead atoms. The van der Waals surface area contributed by atoms with E-state index in [0.29, 0.717) is 18.4 Å². The lowest BCUT2D eigenvalue weighted by Gasteiger charge is -2.29. The van der Waals surface area contributed by atoms with Crippen molar-refractivity contribution < 1.29 is 4.79 Å². The maximum atomic E-state index is 11.5. The van der Waals surface area contributed by atoms with Crippen molar-refractivity contribution in [2.45, 2.75) is 38.6 Å². The van der Waals surface area contributed by atoms with Gasteiger partial charge in [0.25, 0.3) is 0 Å². The Hall–Kier alpha value is -0.570. The smallest absolute Gasteiger partial charge is 0.222 e. The molecule has 0 aromatic carbocycles. The second-order valence-corrected chi connectivity index (χ2v) is 4.53. The summed E-state index contributed by atoms with van der Waals surface area (Å²) in [5.41, 5.74) is 0. The van der Waals surface area contributed by atoms with Gasteiger partial charge in [0.15, 0.2) is 0 Å². The van der Waals surface area contributed by atoms with Crippen molar-refractivity contribution in [1.82, 2.24) is 10.2 Å². The molecular weight excluding hydrogens is 176 g/mol. The summed E-state index contributed by atoms with van der Waals surface area (Å²) in [6.07, 6.45) is 4.48. The van der Waals surface area contributed by atoms with Gasteiger partial charge in [0.1, 0.15) is 0 Å². The molecule has 0 aromatic heterocycles. The van der Waals surface area contributed by atoms with Crippen LogP contribution >= 0.6 is 0 Å². The van der Waals surface area contributed by atoms with Gasteiger partial charge in [0.05, 0.1) is 0 Å². The van der Waals surface area contributed by atoms with Gasteiger partial charge in [-0.15, -0.1) is 0 Å². The van der Waals surface area contributed by atoms with Crippen LogP contribution in [0, 0.1) is 5.92 Å². The summed E-state index contributed by atoms with van der Waals surface area (Å²) in [7, 11) is 3.65. The van der Waals surface area contributed by atoms with E-state index in [4.69, 9.17) is 0 Å². The third-order valence-electron chi connectivity index (χ3n) is 3.03. The Balaban J connectivity index is 2.32. The number of carbonyl (C=O) groups excluding carboxylic acids is 1. The molecule has 2 atom stereocenters. The first-order valence-electron chi connectivity index (χ1n) is 5.55. The molecule has 14 heavy (non-hydrogen) atoms. The van der Waals surface area contributed by atoms with Crippen molar-refractivity contribution in [3.63, 3.8) is 0 Å². The fourth-order valence-electron chi connectivity index (χ4n) is 1.96. The van der Waals surface area contributed by atoms with Gasteiger partial charge in [-0.05, 0) is 25.3 Å². The van der Waals surface area contributed by atoms with E-state index in [1.165, 1.54) is 19.3 Å². The highest BCUT2D eigenvalue weighted by atomic mass is 16.2. The van der Waals surface area contributed by atoms with Gasteiger partial charge >= 0.3 is 0 Å². The summed E-state index contributed by atoms with van der Waals surface area (Å²) in [5.74, 6) is 0.704. The molecule has 1 aliphatic heterocycles. The zero-order valence-corrected chi connectivity index (χ0v) is 9.55. The van der Waals surface area contributed by atoms with Gasteiger partial charge in [-0.1, -0.05) is 13.3 Å². The van der Waals surface area contributed by atoms with Gasteiger partial charge in [0.2, 0.25) is 5.91 Å². The first kappa shape index (κ1) is 11.5. The quantitative estimate of drug-likeness (QED) is 0.740. The number of hydrogen-bond acceptors (Lipinski definition) is 2. The highest BCUT2D eigenvalue weighted by molar-refractivity contribution is 5.75. The number of carbonyl (C=O) groups is 1. The van der Waals surface area contributed by atoms with Crippen LogP contribution in [0.25, 0.3) is 0 Å². The fourth-order valence-corrected chi connectivity index (χ4v) is 1.96. The largest absolute Gasteiger partial charge is 0.349 e. The van der Waals surface area contributed by atoms with E-state index in [-0.39, 0.29) is 5.91 Å². The van der Waals surface area contributed by atoms with Crippen molar-refractivity contribution in [1.29, 1.82) is 0 Å². The topological polar surface area (TPSA) is 32.3 Å². The first-order chi connectivity index (χ1) is 6.61. The predicted octanol–water partition coefficient (Wildman–Crippen LogP) is 1.24. The summed E-state index contributed by atoms with van der Waals surface area (Å²) in [5, 5.41) is 3.49. The van der Waals surface area contributed by atoms with Crippen molar-refractivity contribution in [2.75, 3.05) is 20.6 Å². The van der Waals surface area contributed by atoms with Crippen molar-refractivity contribution >= 4 is 5.91 Å². The lowest BCUT2D eigenvalue weighted by atomic mass is 9.91. The monoisotopic (exact) mass is 198 g/mol. The summed E-state index contributed by atoms with van der Waals surface area (Å²) >= 11 is 0. The molecule has 1 rings (SSSR count). The van der Waals surface area contributed by atoms with Crippen molar-refractivity contribution in [3.8, 4) is 0 Å². The Bertz CT molecular complexity index is 186. The minimum absolute atomic E-state index is 0.241. The second kappa shape index (κ2) is 5.35. The van der Waals surface area contributed by atoms with Gasteiger partial charge in [-0.3, -0.25) is 4.79 Å². The maximum Gasteiger partial charge on any atom is 0.222 e. The van der Waals surface area contributed by atoms with Crippen LogP contribution in [0.2, 0.25) is 0 Å². The van der Waals surface area contributed by atoms with Gasteiger partial charge in [-0.25, -0.2) is 0 Å². The molecule has 0 unspecified atom stereocenters. The van der Waals surface area contributed by atoms with Crippen LogP contribution in [0.1, 0.15) is 32.6 Å². The van der Waals surface area contributed by atoms with Gasteiger partial charge < -0.3 is 10.2 Å². The zero-order chi connectivity index (χ0) is 10.6. The molecule has 1 heterocycles. The van der Waals surface area contributed by atoms with Gasteiger partial charge in [-0.2, -0.15) is 0 Å². The molecule has 0 saturated carbocycles. The van der Waals surface area contributed by atoms with Crippen LogP contribution in [0.4, 0.5) is 0 Å². The minimum Gasteiger partial charge on any atom is -0.349 e. The minimum atomic E-state index is 0.241. The van der Waals surface area contributed by atoms with Crippen LogP contribution in [-0.2, 0) is 4.79 Å². The summed E-state index contributed by atoms with van der Waals surface area (Å²) in [4.78, 5) is 13.2. The van der Waals surface area contributed by atoms with Crippen LogP contribution in [0.3, 0.4) is 0 Å². The Kier molecular flexibility index (Phi) is 4.39. The Morgan fingerprint density at radius 2 is 2.21 bits per heavy atom. The molecule has 3 nitrogen and oxygen atoms in total. The second-order valence-electron chi connectivity index (χ2n) is 4.53. The maximum absolute atomic E-state index is 11.5. The van der Waals surface area contributed by atoms with Crippen LogP contribution in [0.5, 0.6) is 0 Å². The standard InChI is InChI=1S/C11H22N2O/c1-9(8-11(14)13(2)3)10-6-4-5-7-12-10/h9-10,12H,4-8H2,1-3H3/t9-,10+/m1/s1. The highest BCUT2D eigenvalue weighted by Gasteiger charge is 2.21. The van der Waals surface area contributed by atoms with Crippen LogP contribution in [0.15, 0.2) is 0 Å².